The van der Waals surface area contributed by atoms with Gasteiger partial charge in [0.05, 0.1) is 40.5 Å². The SMILES string of the molecule is CCOC(=O)c1cc(Nc2ccccc2I)c(Nc2ccccc2I)cc1C(=O)O. The first kappa shape index (κ1) is 22.3. The zero-order chi connectivity index (χ0) is 21.7. The van der Waals surface area contributed by atoms with Gasteiger partial charge in [0.1, 0.15) is 0 Å². The van der Waals surface area contributed by atoms with E-state index in [1.807, 2.05) is 48.5 Å². The normalized spacial score (nSPS) is 10.4. The van der Waals surface area contributed by atoms with E-state index < -0.39 is 11.9 Å². The summed E-state index contributed by atoms with van der Waals surface area (Å²) in [5.41, 5.74) is 2.61. The monoisotopic (exact) mass is 628 g/mol. The molecule has 0 radical (unpaired) electrons. The minimum absolute atomic E-state index is 0.00824. The number of hydrogen-bond donors (Lipinski definition) is 3. The summed E-state index contributed by atoms with van der Waals surface area (Å²) in [7, 11) is 0. The van der Waals surface area contributed by atoms with Crippen molar-refractivity contribution in [1.82, 2.24) is 0 Å². The van der Waals surface area contributed by atoms with Gasteiger partial charge >= 0.3 is 11.9 Å². The van der Waals surface area contributed by atoms with E-state index >= 15 is 0 Å². The highest BCUT2D eigenvalue weighted by Gasteiger charge is 2.22. The number of carboxylic acid groups (broad SMARTS) is 1. The highest BCUT2D eigenvalue weighted by Crippen LogP contribution is 2.34. The minimum Gasteiger partial charge on any atom is -0.478 e. The zero-order valence-electron chi connectivity index (χ0n) is 15.9. The molecule has 0 amide bonds. The predicted molar refractivity (Wildman–Crippen MR) is 134 cm³/mol. The molecule has 0 bridgehead atoms. The largest absolute Gasteiger partial charge is 0.478 e. The van der Waals surface area contributed by atoms with E-state index in [0.29, 0.717) is 11.4 Å². The fourth-order valence-corrected chi connectivity index (χ4v) is 3.82. The van der Waals surface area contributed by atoms with Crippen molar-refractivity contribution in [3.05, 3.63) is 78.9 Å². The number of benzene rings is 3. The van der Waals surface area contributed by atoms with Gasteiger partial charge in [0.25, 0.3) is 0 Å². The Kier molecular flexibility index (Phi) is 7.53. The third kappa shape index (κ3) is 5.22. The fourth-order valence-electron chi connectivity index (χ4n) is 2.78. The summed E-state index contributed by atoms with van der Waals surface area (Å²) in [4.78, 5) is 24.3. The van der Waals surface area contributed by atoms with Crippen LogP contribution in [0.5, 0.6) is 0 Å². The maximum Gasteiger partial charge on any atom is 0.339 e. The molecular formula is C22H18I2N2O4. The molecule has 154 valence electrons. The average Bonchev–Trinajstić information content (AvgIpc) is 2.72. The number of nitrogens with one attached hydrogen (secondary N) is 2. The van der Waals surface area contributed by atoms with Crippen LogP contribution in [-0.2, 0) is 4.74 Å². The minimum atomic E-state index is -1.20. The van der Waals surface area contributed by atoms with Gasteiger partial charge in [-0.05, 0) is 88.5 Å². The lowest BCUT2D eigenvalue weighted by Gasteiger charge is -2.18. The van der Waals surface area contributed by atoms with Gasteiger partial charge in [-0.25, -0.2) is 9.59 Å². The summed E-state index contributed by atoms with van der Waals surface area (Å²) < 4.78 is 7.03. The Balaban J connectivity index is 2.15. The lowest BCUT2D eigenvalue weighted by atomic mass is 10.0. The number of esters is 1. The molecule has 0 unspecified atom stereocenters. The summed E-state index contributed by atoms with van der Waals surface area (Å²) in [6.45, 7) is 1.83. The lowest BCUT2D eigenvalue weighted by Crippen LogP contribution is -2.13. The van der Waals surface area contributed by atoms with Crippen LogP contribution in [0.4, 0.5) is 22.7 Å². The number of para-hydroxylation sites is 2. The molecule has 0 aromatic heterocycles. The van der Waals surface area contributed by atoms with Gasteiger partial charge in [-0.2, -0.15) is 0 Å². The first-order valence-corrected chi connectivity index (χ1v) is 11.2. The van der Waals surface area contributed by atoms with Crippen LogP contribution in [0.25, 0.3) is 0 Å². The average molecular weight is 628 g/mol. The van der Waals surface area contributed by atoms with Gasteiger partial charge in [0.15, 0.2) is 0 Å². The van der Waals surface area contributed by atoms with Gasteiger partial charge in [0.2, 0.25) is 0 Å². The number of carboxylic acids is 1. The van der Waals surface area contributed by atoms with Gasteiger partial charge in [0, 0.05) is 7.14 Å². The first-order valence-electron chi connectivity index (χ1n) is 9.02. The summed E-state index contributed by atoms with van der Waals surface area (Å²) in [6, 6.07) is 18.3. The molecule has 0 heterocycles. The van der Waals surface area contributed by atoms with Gasteiger partial charge in [-0.1, -0.05) is 24.3 Å². The van der Waals surface area contributed by atoms with Crippen LogP contribution in [0, 0.1) is 7.14 Å². The number of aromatic carboxylic acids is 1. The number of hydrogen-bond acceptors (Lipinski definition) is 5. The maximum atomic E-state index is 12.4. The first-order chi connectivity index (χ1) is 14.4. The van der Waals surface area contributed by atoms with Crippen molar-refractivity contribution in [3.63, 3.8) is 0 Å². The second kappa shape index (κ2) is 10.1. The van der Waals surface area contributed by atoms with Crippen molar-refractivity contribution in [2.75, 3.05) is 17.2 Å². The fraction of sp³-hybridized carbons (Fsp3) is 0.0909. The van der Waals surface area contributed by atoms with Crippen molar-refractivity contribution in [2.24, 2.45) is 0 Å². The molecule has 0 atom stereocenters. The van der Waals surface area contributed by atoms with Gasteiger partial charge in [-0.3, -0.25) is 0 Å². The molecule has 3 aromatic rings. The van der Waals surface area contributed by atoms with Crippen molar-refractivity contribution in [3.8, 4) is 0 Å². The van der Waals surface area contributed by atoms with Crippen molar-refractivity contribution in [2.45, 2.75) is 6.92 Å². The van der Waals surface area contributed by atoms with Crippen LogP contribution in [0.2, 0.25) is 0 Å². The Morgan fingerprint density at radius 3 is 1.73 bits per heavy atom. The highest BCUT2D eigenvalue weighted by atomic mass is 127. The molecule has 0 saturated heterocycles. The van der Waals surface area contributed by atoms with Crippen LogP contribution in [0.15, 0.2) is 60.7 Å². The van der Waals surface area contributed by atoms with E-state index in [4.69, 9.17) is 4.74 Å². The number of ether oxygens (including phenoxy) is 1. The number of carbonyl (C=O) groups excluding carboxylic acids is 1. The van der Waals surface area contributed by atoms with Crippen LogP contribution in [0.3, 0.4) is 0 Å². The van der Waals surface area contributed by atoms with Crippen LogP contribution < -0.4 is 10.6 Å². The number of carbonyl (C=O) groups is 2. The quantitative estimate of drug-likeness (QED) is 0.212. The van der Waals surface area contributed by atoms with Crippen LogP contribution in [-0.4, -0.2) is 23.7 Å². The molecule has 3 N–H and O–H groups in total. The Labute approximate surface area is 201 Å². The molecule has 0 spiro atoms. The van der Waals surface area contributed by atoms with Gasteiger partial charge in [-0.15, -0.1) is 0 Å². The topological polar surface area (TPSA) is 87.7 Å². The van der Waals surface area contributed by atoms with E-state index in [9.17, 15) is 14.7 Å². The summed E-state index contributed by atoms with van der Waals surface area (Å²) in [5, 5.41) is 16.3. The predicted octanol–water partition coefficient (Wildman–Crippen LogP) is 6.26. The van der Waals surface area contributed by atoms with Gasteiger partial charge < -0.3 is 20.5 Å². The number of rotatable bonds is 7. The molecule has 8 heteroatoms. The van der Waals surface area contributed by atoms with E-state index in [0.717, 1.165) is 18.5 Å². The Morgan fingerprint density at radius 1 is 0.833 bits per heavy atom. The summed E-state index contributed by atoms with van der Waals surface area (Å²) in [5.74, 6) is -1.88. The Bertz CT molecular complexity index is 1100. The molecule has 0 saturated carbocycles. The van der Waals surface area contributed by atoms with Crippen molar-refractivity contribution >= 4 is 79.9 Å². The molecule has 30 heavy (non-hydrogen) atoms. The second-order valence-electron chi connectivity index (χ2n) is 6.18. The molecule has 0 aliphatic rings. The Morgan fingerprint density at radius 2 is 1.30 bits per heavy atom. The molecular weight excluding hydrogens is 610 g/mol. The molecule has 3 rings (SSSR count). The van der Waals surface area contributed by atoms with Crippen molar-refractivity contribution in [1.29, 1.82) is 0 Å². The van der Waals surface area contributed by atoms with Crippen LogP contribution in [0.1, 0.15) is 27.6 Å². The smallest absolute Gasteiger partial charge is 0.339 e. The maximum absolute atomic E-state index is 12.4. The van der Waals surface area contributed by atoms with Crippen molar-refractivity contribution < 1.29 is 19.4 Å². The molecule has 0 aliphatic carbocycles. The standard InChI is InChI=1S/C22H18I2N2O4/c1-2-30-22(29)14-12-20(26-18-10-6-4-8-16(18)24)19(11-13(14)21(27)28)25-17-9-5-3-7-15(17)23/h3-12,25-26H,2H2,1H3,(H,27,28). The molecule has 0 fully saturated rings. The summed E-state index contributed by atoms with van der Waals surface area (Å²) in [6.07, 6.45) is 0. The second-order valence-corrected chi connectivity index (χ2v) is 8.50. The number of anilines is 4. The number of halogens is 2. The van der Waals surface area contributed by atoms with E-state index in [2.05, 4.69) is 55.8 Å². The lowest BCUT2D eigenvalue weighted by molar-refractivity contribution is 0.0514. The third-order valence-corrected chi connectivity index (χ3v) is 6.05. The molecule has 3 aromatic carbocycles. The van der Waals surface area contributed by atoms with Crippen LogP contribution >= 0.6 is 45.2 Å². The molecule has 6 nitrogen and oxygen atoms in total. The molecule has 0 aliphatic heterocycles. The zero-order valence-corrected chi connectivity index (χ0v) is 20.2. The highest BCUT2D eigenvalue weighted by molar-refractivity contribution is 14.1. The summed E-state index contributed by atoms with van der Waals surface area (Å²) >= 11 is 4.41. The van der Waals surface area contributed by atoms with E-state index in [1.54, 1.807) is 6.92 Å². The van der Waals surface area contributed by atoms with E-state index in [1.165, 1.54) is 12.1 Å². The van der Waals surface area contributed by atoms with E-state index in [-0.39, 0.29) is 17.7 Å². The Hall–Kier alpha value is -2.34. The third-order valence-electron chi connectivity index (χ3n) is 4.17.